The van der Waals surface area contributed by atoms with E-state index in [1.807, 2.05) is 13.1 Å². The van der Waals surface area contributed by atoms with Gasteiger partial charge in [-0.15, -0.1) is 0 Å². The molecular formula is C15H17N5O2. The molecule has 1 atom stereocenters. The summed E-state index contributed by atoms with van der Waals surface area (Å²) in [6.45, 7) is 4.77. The van der Waals surface area contributed by atoms with Gasteiger partial charge in [-0.05, 0) is 18.6 Å². The quantitative estimate of drug-likeness (QED) is 0.794. The molecule has 1 fully saturated rings. The highest BCUT2D eigenvalue weighted by molar-refractivity contribution is 5.78. The second-order valence-corrected chi connectivity index (χ2v) is 5.53. The van der Waals surface area contributed by atoms with Crippen molar-refractivity contribution in [1.29, 1.82) is 0 Å². The molecule has 0 radical (unpaired) electrons. The van der Waals surface area contributed by atoms with Crippen molar-refractivity contribution in [2.24, 2.45) is 0 Å². The lowest BCUT2D eigenvalue weighted by Gasteiger charge is -2.33. The first-order valence-corrected chi connectivity index (χ1v) is 7.33. The Hall–Kier alpha value is -2.25. The zero-order valence-corrected chi connectivity index (χ0v) is 12.3. The number of morpholine rings is 1. The van der Waals surface area contributed by atoms with Gasteiger partial charge in [0.1, 0.15) is 6.04 Å². The van der Waals surface area contributed by atoms with E-state index in [9.17, 15) is 0 Å². The van der Waals surface area contributed by atoms with Crippen molar-refractivity contribution in [2.75, 3.05) is 19.8 Å². The molecule has 3 heterocycles. The SMILES string of the molecule is Cc1noc([C@@H]2COCCN2Cc2ccc3cn[nH]c3c2)n1. The number of nitrogens with zero attached hydrogens (tertiary/aromatic N) is 4. The van der Waals surface area contributed by atoms with Gasteiger partial charge in [0, 0.05) is 18.5 Å². The van der Waals surface area contributed by atoms with Gasteiger partial charge in [-0.1, -0.05) is 17.3 Å². The van der Waals surface area contributed by atoms with Crippen molar-refractivity contribution in [1.82, 2.24) is 25.2 Å². The molecule has 0 spiro atoms. The van der Waals surface area contributed by atoms with E-state index < -0.39 is 0 Å². The first kappa shape index (κ1) is 13.4. The fourth-order valence-electron chi connectivity index (χ4n) is 2.82. The maximum atomic E-state index is 5.59. The fraction of sp³-hybridized carbons (Fsp3) is 0.400. The van der Waals surface area contributed by atoms with Gasteiger partial charge in [-0.25, -0.2) is 0 Å². The molecule has 0 saturated carbocycles. The summed E-state index contributed by atoms with van der Waals surface area (Å²) in [6, 6.07) is 6.35. The van der Waals surface area contributed by atoms with Gasteiger partial charge < -0.3 is 9.26 Å². The van der Waals surface area contributed by atoms with Crippen molar-refractivity contribution in [2.45, 2.75) is 19.5 Å². The van der Waals surface area contributed by atoms with Crippen molar-refractivity contribution in [3.63, 3.8) is 0 Å². The second kappa shape index (κ2) is 5.51. The largest absolute Gasteiger partial charge is 0.378 e. The lowest BCUT2D eigenvalue weighted by atomic mass is 10.1. The van der Waals surface area contributed by atoms with Crippen LogP contribution < -0.4 is 0 Å². The van der Waals surface area contributed by atoms with Gasteiger partial charge in [-0.2, -0.15) is 10.1 Å². The van der Waals surface area contributed by atoms with E-state index in [2.05, 4.69) is 43.4 Å². The summed E-state index contributed by atoms with van der Waals surface area (Å²) >= 11 is 0. The number of hydrogen-bond donors (Lipinski definition) is 1. The molecule has 1 aromatic carbocycles. The molecule has 1 aliphatic rings. The van der Waals surface area contributed by atoms with Crippen LogP contribution in [0.2, 0.25) is 0 Å². The molecule has 2 aromatic heterocycles. The van der Waals surface area contributed by atoms with Crippen LogP contribution in [0.1, 0.15) is 23.3 Å². The van der Waals surface area contributed by atoms with Crippen molar-refractivity contribution >= 4 is 10.9 Å². The number of H-pyrrole nitrogens is 1. The Bertz CT molecular complexity index is 781. The highest BCUT2D eigenvalue weighted by Crippen LogP contribution is 2.25. The Morgan fingerprint density at radius 1 is 1.41 bits per heavy atom. The molecule has 0 unspecified atom stereocenters. The zero-order valence-electron chi connectivity index (χ0n) is 12.3. The topological polar surface area (TPSA) is 80.1 Å². The van der Waals surface area contributed by atoms with E-state index in [4.69, 9.17) is 9.26 Å². The van der Waals surface area contributed by atoms with E-state index in [-0.39, 0.29) is 6.04 Å². The van der Waals surface area contributed by atoms with Gasteiger partial charge in [0.25, 0.3) is 0 Å². The van der Waals surface area contributed by atoms with Crippen LogP contribution in [0.5, 0.6) is 0 Å². The lowest BCUT2D eigenvalue weighted by Crippen LogP contribution is -2.39. The highest BCUT2D eigenvalue weighted by atomic mass is 16.5. The summed E-state index contributed by atoms with van der Waals surface area (Å²) in [5.74, 6) is 1.28. The van der Waals surface area contributed by atoms with E-state index in [1.165, 1.54) is 5.56 Å². The molecule has 0 bridgehead atoms. The van der Waals surface area contributed by atoms with Crippen LogP contribution in [0.15, 0.2) is 28.9 Å². The molecule has 0 amide bonds. The van der Waals surface area contributed by atoms with E-state index in [0.29, 0.717) is 18.3 Å². The number of benzene rings is 1. The predicted molar refractivity (Wildman–Crippen MR) is 79.1 cm³/mol. The third-order valence-electron chi connectivity index (χ3n) is 3.96. The highest BCUT2D eigenvalue weighted by Gasteiger charge is 2.29. The summed E-state index contributed by atoms with van der Waals surface area (Å²) in [6.07, 6.45) is 1.83. The van der Waals surface area contributed by atoms with Crippen molar-refractivity contribution in [3.8, 4) is 0 Å². The van der Waals surface area contributed by atoms with E-state index in [1.54, 1.807) is 0 Å². The van der Waals surface area contributed by atoms with Crippen LogP contribution in [-0.2, 0) is 11.3 Å². The van der Waals surface area contributed by atoms with Crippen LogP contribution in [-0.4, -0.2) is 45.0 Å². The van der Waals surface area contributed by atoms with Gasteiger partial charge in [-0.3, -0.25) is 10.00 Å². The maximum absolute atomic E-state index is 5.59. The second-order valence-electron chi connectivity index (χ2n) is 5.53. The van der Waals surface area contributed by atoms with Crippen LogP contribution in [0, 0.1) is 6.92 Å². The fourth-order valence-corrected chi connectivity index (χ4v) is 2.82. The van der Waals surface area contributed by atoms with E-state index in [0.717, 1.165) is 30.6 Å². The monoisotopic (exact) mass is 299 g/mol. The van der Waals surface area contributed by atoms with Crippen LogP contribution in [0.4, 0.5) is 0 Å². The predicted octanol–water partition coefficient (Wildman–Crippen LogP) is 1.83. The Balaban J connectivity index is 1.58. The standard InChI is InChI=1S/C15H17N5O2/c1-10-17-15(22-19-10)14-9-21-5-4-20(14)8-11-2-3-12-7-16-18-13(12)6-11/h2-3,6-7,14H,4-5,8-9H2,1H3,(H,16,18)/t14-/m0/s1. The number of nitrogens with one attached hydrogen (secondary N) is 1. The number of aromatic amines is 1. The number of aryl methyl sites for hydroxylation is 1. The number of fused-ring (bicyclic) bond motifs is 1. The Morgan fingerprint density at radius 3 is 3.23 bits per heavy atom. The summed E-state index contributed by atoms with van der Waals surface area (Å²) in [5.41, 5.74) is 2.27. The lowest BCUT2D eigenvalue weighted by molar-refractivity contribution is -0.0240. The first-order chi connectivity index (χ1) is 10.8. The van der Waals surface area contributed by atoms with Gasteiger partial charge >= 0.3 is 0 Å². The number of ether oxygens (including phenoxy) is 1. The minimum Gasteiger partial charge on any atom is -0.378 e. The van der Waals surface area contributed by atoms with Crippen molar-refractivity contribution < 1.29 is 9.26 Å². The smallest absolute Gasteiger partial charge is 0.246 e. The number of aromatic nitrogens is 4. The molecule has 7 nitrogen and oxygen atoms in total. The normalized spacial score (nSPS) is 19.8. The molecule has 3 aromatic rings. The molecule has 7 heteroatoms. The van der Waals surface area contributed by atoms with Gasteiger partial charge in [0.15, 0.2) is 5.82 Å². The third kappa shape index (κ3) is 2.49. The molecule has 1 saturated heterocycles. The summed E-state index contributed by atoms with van der Waals surface area (Å²) < 4.78 is 10.9. The number of rotatable bonds is 3. The molecule has 114 valence electrons. The van der Waals surface area contributed by atoms with Crippen LogP contribution in [0.25, 0.3) is 10.9 Å². The molecule has 0 aliphatic carbocycles. The molecule has 22 heavy (non-hydrogen) atoms. The summed E-state index contributed by atoms with van der Waals surface area (Å²) in [7, 11) is 0. The zero-order chi connectivity index (χ0) is 14.9. The average molecular weight is 299 g/mol. The first-order valence-electron chi connectivity index (χ1n) is 7.33. The van der Waals surface area contributed by atoms with Crippen molar-refractivity contribution in [3.05, 3.63) is 41.7 Å². The maximum Gasteiger partial charge on any atom is 0.246 e. The molecular weight excluding hydrogens is 282 g/mol. The number of hydrogen-bond acceptors (Lipinski definition) is 6. The van der Waals surface area contributed by atoms with Crippen LogP contribution in [0.3, 0.4) is 0 Å². The van der Waals surface area contributed by atoms with Crippen LogP contribution >= 0.6 is 0 Å². The Labute approximate surface area is 127 Å². The Kier molecular flexibility index (Phi) is 3.36. The summed E-state index contributed by atoms with van der Waals surface area (Å²) in [4.78, 5) is 6.67. The average Bonchev–Trinajstić information content (AvgIpc) is 3.16. The molecule has 1 N–H and O–H groups in total. The minimum atomic E-state index is 0.00686. The van der Waals surface area contributed by atoms with Gasteiger partial charge in [0.2, 0.25) is 5.89 Å². The summed E-state index contributed by atoms with van der Waals surface area (Å²) in [5, 5.41) is 12.1. The molecule has 1 aliphatic heterocycles. The molecule has 4 rings (SSSR count). The van der Waals surface area contributed by atoms with E-state index >= 15 is 0 Å². The Morgan fingerprint density at radius 2 is 2.36 bits per heavy atom. The van der Waals surface area contributed by atoms with Gasteiger partial charge in [0.05, 0.1) is 24.9 Å². The minimum absolute atomic E-state index is 0.00686. The third-order valence-corrected chi connectivity index (χ3v) is 3.96.